The molecule has 0 saturated carbocycles. The Morgan fingerprint density at radius 3 is 2.31 bits per heavy atom. The summed E-state index contributed by atoms with van der Waals surface area (Å²) in [5, 5.41) is 0. The first-order valence-electron chi connectivity index (χ1n) is 4.56. The molecule has 7 heteroatoms. The van der Waals surface area contributed by atoms with E-state index < -0.39 is 23.1 Å². The van der Waals surface area contributed by atoms with Gasteiger partial charge < -0.3 is 9.32 Å². The maximum atomic E-state index is 12.6. The molecular formula is C9H11F3N2O2. The van der Waals surface area contributed by atoms with E-state index in [-0.39, 0.29) is 12.4 Å². The van der Waals surface area contributed by atoms with Gasteiger partial charge in [0, 0.05) is 14.1 Å². The molecule has 0 aromatic carbocycles. The number of alkyl halides is 3. The fraction of sp³-hybridized carbons (Fsp3) is 0.556. The first kappa shape index (κ1) is 12.5. The monoisotopic (exact) mass is 236 g/mol. The first-order chi connectivity index (χ1) is 7.27. The van der Waals surface area contributed by atoms with Crippen molar-refractivity contribution in [2.75, 3.05) is 19.0 Å². The lowest BCUT2D eigenvalue weighted by molar-refractivity contribution is -0.154. The molecule has 0 amide bonds. The molecule has 1 aromatic rings. The molecule has 4 nitrogen and oxygen atoms in total. The highest BCUT2D eigenvalue weighted by atomic mass is 19.4. The number of halogens is 3. The fourth-order valence-electron chi connectivity index (χ4n) is 1.16. The van der Waals surface area contributed by atoms with E-state index >= 15 is 0 Å². The average molecular weight is 236 g/mol. The Kier molecular flexibility index (Phi) is 3.25. The number of rotatable bonds is 2. The molecule has 0 bridgehead atoms. The van der Waals surface area contributed by atoms with E-state index in [1.54, 1.807) is 0 Å². The van der Waals surface area contributed by atoms with Gasteiger partial charge in [0.2, 0.25) is 5.76 Å². The maximum Gasteiger partial charge on any atom is 0.450 e. The second kappa shape index (κ2) is 4.15. The second-order valence-electron chi connectivity index (χ2n) is 3.36. The molecule has 0 aliphatic rings. The van der Waals surface area contributed by atoms with Crippen LogP contribution in [0.3, 0.4) is 0 Å². The predicted molar refractivity (Wildman–Crippen MR) is 51.5 cm³/mol. The van der Waals surface area contributed by atoms with Crippen molar-refractivity contribution in [2.45, 2.75) is 19.5 Å². The number of nitrogens with zero attached hydrogens (tertiary/aromatic N) is 2. The van der Waals surface area contributed by atoms with Crippen LogP contribution in [-0.2, 0) is 12.6 Å². The van der Waals surface area contributed by atoms with E-state index in [9.17, 15) is 18.0 Å². The van der Waals surface area contributed by atoms with Gasteiger partial charge in [-0.05, 0) is 6.42 Å². The minimum atomic E-state index is -4.68. The van der Waals surface area contributed by atoms with E-state index in [0.717, 1.165) is 0 Å². The van der Waals surface area contributed by atoms with Gasteiger partial charge in [-0.25, -0.2) is 0 Å². The van der Waals surface area contributed by atoms with Crippen LogP contribution in [-0.4, -0.2) is 19.1 Å². The van der Waals surface area contributed by atoms with Gasteiger partial charge in [-0.15, -0.1) is 0 Å². The van der Waals surface area contributed by atoms with Crippen molar-refractivity contribution in [3.63, 3.8) is 0 Å². The zero-order chi connectivity index (χ0) is 12.5. The van der Waals surface area contributed by atoms with Crippen molar-refractivity contribution < 1.29 is 17.6 Å². The fourth-order valence-corrected chi connectivity index (χ4v) is 1.16. The molecule has 0 aliphatic heterocycles. The molecule has 90 valence electrons. The summed E-state index contributed by atoms with van der Waals surface area (Å²) in [5.41, 5.74) is -1.34. The van der Waals surface area contributed by atoms with Crippen LogP contribution < -0.4 is 10.5 Å². The Labute approximate surface area is 89.7 Å². The summed E-state index contributed by atoms with van der Waals surface area (Å²) >= 11 is 0. The Morgan fingerprint density at radius 2 is 1.94 bits per heavy atom. The molecule has 1 rings (SSSR count). The Hall–Kier alpha value is -1.53. The van der Waals surface area contributed by atoms with Crippen molar-refractivity contribution in [2.24, 2.45) is 0 Å². The summed E-state index contributed by atoms with van der Waals surface area (Å²) in [5.74, 6) is -1.27. The maximum absolute atomic E-state index is 12.6. The van der Waals surface area contributed by atoms with Crippen LogP contribution in [0.2, 0.25) is 0 Å². The number of hydrogen-bond donors (Lipinski definition) is 0. The van der Waals surface area contributed by atoms with Crippen LogP contribution in [0, 0.1) is 0 Å². The van der Waals surface area contributed by atoms with Crippen LogP contribution in [0.1, 0.15) is 18.2 Å². The number of hydrogen-bond acceptors (Lipinski definition) is 4. The minimum absolute atomic E-state index is 0.0715. The van der Waals surface area contributed by atoms with Crippen molar-refractivity contribution in [3.8, 4) is 0 Å². The number of anilines is 1. The summed E-state index contributed by atoms with van der Waals surface area (Å²) < 4.78 is 42.3. The summed E-state index contributed by atoms with van der Waals surface area (Å²) in [7, 11) is 2.88. The van der Waals surface area contributed by atoms with E-state index in [1.807, 2.05) is 0 Å². The Bertz CT molecular complexity index is 437. The zero-order valence-electron chi connectivity index (χ0n) is 9.05. The third-order valence-electron chi connectivity index (χ3n) is 1.92. The summed E-state index contributed by atoms with van der Waals surface area (Å²) in [6.45, 7) is 1.44. The molecule has 1 heterocycles. The third-order valence-corrected chi connectivity index (χ3v) is 1.92. The first-order valence-corrected chi connectivity index (χ1v) is 4.56. The lowest BCUT2D eigenvalue weighted by Crippen LogP contribution is -2.24. The quantitative estimate of drug-likeness (QED) is 0.783. The highest BCUT2D eigenvalue weighted by Gasteiger charge is 2.38. The van der Waals surface area contributed by atoms with Gasteiger partial charge in [0.05, 0.1) is 5.56 Å². The number of aromatic nitrogens is 1. The van der Waals surface area contributed by atoms with E-state index in [0.29, 0.717) is 0 Å². The van der Waals surface area contributed by atoms with Crippen LogP contribution in [0.5, 0.6) is 0 Å². The van der Waals surface area contributed by atoms with Crippen molar-refractivity contribution in [1.82, 2.24) is 4.98 Å². The highest BCUT2D eigenvalue weighted by Crippen LogP contribution is 2.32. The molecule has 0 radical (unpaired) electrons. The summed E-state index contributed by atoms with van der Waals surface area (Å²) in [6, 6.07) is -0.352. The molecule has 16 heavy (non-hydrogen) atoms. The highest BCUT2D eigenvalue weighted by molar-refractivity contribution is 5.27. The lowest BCUT2D eigenvalue weighted by Gasteiger charge is -2.14. The smallest absolute Gasteiger partial charge is 0.420 e. The molecule has 1 aromatic heterocycles. The molecule has 0 spiro atoms. The third kappa shape index (κ3) is 2.34. The van der Waals surface area contributed by atoms with Gasteiger partial charge in [-0.2, -0.15) is 18.2 Å². The van der Waals surface area contributed by atoms with E-state index in [4.69, 9.17) is 0 Å². The largest absolute Gasteiger partial charge is 0.450 e. The van der Waals surface area contributed by atoms with Gasteiger partial charge >= 0.3 is 12.2 Å². The SMILES string of the molecule is CCc1c(C(F)(F)F)oc(N(C)C)nc1=O. The lowest BCUT2D eigenvalue weighted by atomic mass is 10.2. The van der Waals surface area contributed by atoms with Gasteiger partial charge in [-0.1, -0.05) is 6.92 Å². The van der Waals surface area contributed by atoms with Crippen molar-refractivity contribution >= 4 is 6.01 Å². The van der Waals surface area contributed by atoms with Crippen LogP contribution in [0.15, 0.2) is 9.21 Å². The molecular weight excluding hydrogens is 225 g/mol. The van der Waals surface area contributed by atoms with Crippen LogP contribution in [0.25, 0.3) is 0 Å². The zero-order valence-corrected chi connectivity index (χ0v) is 9.05. The molecule has 0 unspecified atom stereocenters. The topological polar surface area (TPSA) is 46.3 Å². The van der Waals surface area contributed by atoms with Gasteiger partial charge in [0.1, 0.15) is 0 Å². The van der Waals surface area contributed by atoms with Gasteiger partial charge in [0.15, 0.2) is 0 Å². The van der Waals surface area contributed by atoms with E-state index in [1.165, 1.54) is 25.9 Å². The summed E-state index contributed by atoms with van der Waals surface area (Å²) in [4.78, 5) is 16.0. The normalized spacial score (nSPS) is 11.6. The Balaban J connectivity index is 3.50. The summed E-state index contributed by atoms with van der Waals surface area (Å²) in [6.07, 6.45) is -4.75. The van der Waals surface area contributed by atoms with Crippen LogP contribution in [0.4, 0.5) is 19.2 Å². The molecule has 0 saturated heterocycles. The van der Waals surface area contributed by atoms with E-state index in [2.05, 4.69) is 9.40 Å². The molecule has 0 aliphatic carbocycles. The second-order valence-corrected chi connectivity index (χ2v) is 3.36. The Morgan fingerprint density at radius 1 is 1.38 bits per heavy atom. The molecule has 0 atom stereocenters. The minimum Gasteiger partial charge on any atom is -0.420 e. The van der Waals surface area contributed by atoms with Crippen LogP contribution >= 0.6 is 0 Å². The molecule has 0 fully saturated rings. The van der Waals surface area contributed by atoms with Crippen molar-refractivity contribution in [3.05, 3.63) is 21.7 Å². The van der Waals surface area contributed by atoms with Crippen molar-refractivity contribution in [1.29, 1.82) is 0 Å². The predicted octanol–water partition coefficient (Wildman–Crippen LogP) is 1.68. The van der Waals surface area contributed by atoms with Gasteiger partial charge in [0.25, 0.3) is 5.56 Å². The molecule has 0 N–H and O–H groups in total. The van der Waals surface area contributed by atoms with Gasteiger partial charge in [-0.3, -0.25) is 4.79 Å². The standard InChI is InChI=1S/C9H11F3N2O2/c1-4-5-6(9(10,11)12)16-8(14(2)3)13-7(5)15/h4H2,1-3H3. The average Bonchev–Trinajstić information content (AvgIpc) is 2.14.